The lowest BCUT2D eigenvalue weighted by Crippen LogP contribution is -2.42. The highest BCUT2D eigenvalue weighted by atomic mass is 79.9. The largest absolute Gasteiger partial charge is 0.396 e. The van der Waals surface area contributed by atoms with Crippen LogP contribution in [-0.4, -0.2) is 18.4 Å². The Hall–Kier alpha value is -1.63. The van der Waals surface area contributed by atoms with Gasteiger partial charge in [-0.05, 0) is 41.9 Å². The highest BCUT2D eigenvalue weighted by Crippen LogP contribution is 2.23. The van der Waals surface area contributed by atoms with Crippen LogP contribution in [0, 0.1) is 11.2 Å². The monoisotopic (exact) mass is 331 g/mol. The summed E-state index contributed by atoms with van der Waals surface area (Å²) in [6, 6.07) is 2.34. The molecule has 19 heavy (non-hydrogen) atoms. The molecule has 0 atom stereocenters. The third kappa shape index (κ3) is 3.66. The fraction of sp³-hybridized carbons (Fsp3) is 0.333. The Morgan fingerprint density at radius 2 is 2.00 bits per heavy atom. The molecule has 0 aliphatic rings. The minimum Gasteiger partial charge on any atom is -0.396 e. The second-order valence-electron chi connectivity index (χ2n) is 4.78. The summed E-state index contributed by atoms with van der Waals surface area (Å²) in [5.74, 6) is -1.60. The predicted octanol–water partition coefficient (Wildman–Crippen LogP) is 1.41. The lowest BCUT2D eigenvalue weighted by Gasteiger charge is -2.21. The van der Waals surface area contributed by atoms with Gasteiger partial charge in [0.25, 0.3) is 5.91 Å². The highest BCUT2D eigenvalue weighted by molar-refractivity contribution is 9.10. The van der Waals surface area contributed by atoms with Crippen LogP contribution >= 0.6 is 15.9 Å². The zero-order valence-electron chi connectivity index (χ0n) is 10.6. The van der Waals surface area contributed by atoms with E-state index < -0.39 is 23.0 Å². The molecule has 0 aliphatic heterocycles. The first-order valence-corrected chi connectivity index (χ1v) is 6.27. The molecule has 0 unspecified atom stereocenters. The van der Waals surface area contributed by atoms with Crippen molar-refractivity contribution in [1.82, 2.24) is 5.32 Å². The van der Waals surface area contributed by atoms with Gasteiger partial charge < -0.3 is 16.8 Å². The first-order chi connectivity index (χ1) is 8.65. The van der Waals surface area contributed by atoms with Gasteiger partial charge in [-0.1, -0.05) is 0 Å². The van der Waals surface area contributed by atoms with Gasteiger partial charge in [0.05, 0.1) is 16.7 Å². The minimum absolute atomic E-state index is 0.0743. The van der Waals surface area contributed by atoms with Crippen LogP contribution in [0.3, 0.4) is 0 Å². The molecule has 0 heterocycles. The summed E-state index contributed by atoms with van der Waals surface area (Å²) < 4.78 is 13.4. The first-order valence-electron chi connectivity index (χ1n) is 5.48. The Kier molecular flexibility index (Phi) is 4.52. The summed E-state index contributed by atoms with van der Waals surface area (Å²) in [7, 11) is 0. The van der Waals surface area contributed by atoms with Crippen molar-refractivity contribution < 1.29 is 14.0 Å². The molecule has 104 valence electrons. The number of carbonyl (C=O) groups excluding carboxylic acids is 2. The number of nitrogen functional groups attached to an aromatic ring is 1. The summed E-state index contributed by atoms with van der Waals surface area (Å²) in [4.78, 5) is 23.1. The minimum atomic E-state index is -0.867. The average Bonchev–Trinajstić information content (AvgIpc) is 2.30. The molecule has 0 radical (unpaired) electrons. The van der Waals surface area contributed by atoms with E-state index in [-0.39, 0.29) is 22.3 Å². The van der Waals surface area contributed by atoms with Crippen LogP contribution in [0.5, 0.6) is 0 Å². The quantitative estimate of drug-likeness (QED) is 0.727. The Morgan fingerprint density at radius 3 is 2.53 bits per heavy atom. The van der Waals surface area contributed by atoms with Crippen molar-refractivity contribution in [2.24, 2.45) is 11.1 Å². The van der Waals surface area contributed by atoms with Crippen LogP contribution in [0.1, 0.15) is 24.2 Å². The van der Waals surface area contributed by atoms with E-state index in [4.69, 9.17) is 11.5 Å². The number of nitrogens with one attached hydrogen (secondary N) is 1. The van der Waals surface area contributed by atoms with E-state index in [1.807, 2.05) is 0 Å². The maximum absolute atomic E-state index is 13.2. The second kappa shape index (κ2) is 5.56. The Morgan fingerprint density at radius 1 is 1.42 bits per heavy atom. The zero-order valence-corrected chi connectivity index (χ0v) is 12.2. The molecule has 1 aromatic rings. The van der Waals surface area contributed by atoms with E-state index in [0.717, 1.165) is 6.07 Å². The van der Waals surface area contributed by atoms with Crippen molar-refractivity contribution in [3.05, 3.63) is 28.0 Å². The van der Waals surface area contributed by atoms with Crippen molar-refractivity contribution in [2.75, 3.05) is 12.3 Å². The lowest BCUT2D eigenvalue weighted by molar-refractivity contribution is -0.125. The number of hydrogen-bond acceptors (Lipinski definition) is 3. The molecule has 5 N–H and O–H groups in total. The van der Waals surface area contributed by atoms with Gasteiger partial charge in [0.1, 0.15) is 5.82 Å². The summed E-state index contributed by atoms with van der Waals surface area (Å²) >= 11 is 3.08. The molecule has 1 rings (SSSR count). The van der Waals surface area contributed by atoms with Crippen LogP contribution in [0.2, 0.25) is 0 Å². The number of halogens is 2. The molecule has 0 saturated carbocycles. The number of hydrogen-bond donors (Lipinski definition) is 3. The standard InChI is InChI=1S/C12H15BrFN3O2/c1-12(2,11(16)19)5-17-10(18)6-3-9(15)8(14)4-7(6)13/h3-4H,5,15H2,1-2H3,(H2,16,19)(H,17,18). The maximum atomic E-state index is 13.2. The van der Waals surface area contributed by atoms with E-state index >= 15 is 0 Å². The van der Waals surface area contributed by atoms with Crippen molar-refractivity contribution in [3.8, 4) is 0 Å². The van der Waals surface area contributed by atoms with Gasteiger partial charge in [0.15, 0.2) is 0 Å². The summed E-state index contributed by atoms with van der Waals surface area (Å²) in [5, 5.41) is 2.56. The number of primary amides is 1. The van der Waals surface area contributed by atoms with E-state index in [2.05, 4.69) is 21.2 Å². The van der Waals surface area contributed by atoms with E-state index in [1.165, 1.54) is 6.07 Å². The molecule has 0 fully saturated rings. The van der Waals surface area contributed by atoms with E-state index in [9.17, 15) is 14.0 Å². The van der Waals surface area contributed by atoms with Gasteiger partial charge >= 0.3 is 0 Å². The molecular formula is C12H15BrFN3O2. The number of amides is 2. The normalized spacial score (nSPS) is 11.2. The maximum Gasteiger partial charge on any atom is 0.252 e. The number of carbonyl (C=O) groups is 2. The molecule has 1 aromatic carbocycles. The molecule has 0 aliphatic carbocycles. The van der Waals surface area contributed by atoms with Crippen LogP contribution in [0.4, 0.5) is 10.1 Å². The number of rotatable bonds is 4. The van der Waals surface area contributed by atoms with Crippen molar-refractivity contribution in [1.29, 1.82) is 0 Å². The molecule has 0 spiro atoms. The highest BCUT2D eigenvalue weighted by Gasteiger charge is 2.26. The van der Waals surface area contributed by atoms with Gasteiger partial charge in [-0.2, -0.15) is 0 Å². The van der Waals surface area contributed by atoms with Crippen LogP contribution in [-0.2, 0) is 4.79 Å². The van der Waals surface area contributed by atoms with Gasteiger partial charge in [-0.3, -0.25) is 9.59 Å². The van der Waals surface area contributed by atoms with E-state index in [0.29, 0.717) is 0 Å². The van der Waals surface area contributed by atoms with Gasteiger partial charge in [0.2, 0.25) is 5.91 Å². The molecule has 0 bridgehead atoms. The summed E-state index contributed by atoms with van der Waals surface area (Å²) in [6.07, 6.45) is 0. The average molecular weight is 332 g/mol. The fourth-order valence-electron chi connectivity index (χ4n) is 1.22. The van der Waals surface area contributed by atoms with Crippen LogP contribution in [0.25, 0.3) is 0 Å². The summed E-state index contributed by atoms with van der Waals surface area (Å²) in [6.45, 7) is 3.30. The van der Waals surface area contributed by atoms with Gasteiger partial charge in [0, 0.05) is 11.0 Å². The fourth-order valence-corrected chi connectivity index (χ4v) is 1.72. The Balaban J connectivity index is 2.86. The lowest BCUT2D eigenvalue weighted by atomic mass is 9.92. The second-order valence-corrected chi connectivity index (χ2v) is 5.64. The molecular weight excluding hydrogens is 317 g/mol. The van der Waals surface area contributed by atoms with Crippen molar-refractivity contribution in [2.45, 2.75) is 13.8 Å². The third-order valence-corrected chi connectivity index (χ3v) is 3.34. The van der Waals surface area contributed by atoms with Crippen molar-refractivity contribution in [3.63, 3.8) is 0 Å². The van der Waals surface area contributed by atoms with Crippen LogP contribution < -0.4 is 16.8 Å². The molecule has 0 saturated heterocycles. The van der Waals surface area contributed by atoms with E-state index in [1.54, 1.807) is 13.8 Å². The Bertz CT molecular complexity index is 532. The smallest absolute Gasteiger partial charge is 0.252 e. The number of anilines is 1. The van der Waals surface area contributed by atoms with Gasteiger partial charge in [-0.25, -0.2) is 4.39 Å². The molecule has 5 nitrogen and oxygen atoms in total. The molecule has 7 heteroatoms. The number of benzene rings is 1. The molecule has 2 amide bonds. The number of nitrogens with two attached hydrogens (primary N) is 2. The Labute approximate surface area is 118 Å². The van der Waals surface area contributed by atoms with Gasteiger partial charge in [-0.15, -0.1) is 0 Å². The predicted molar refractivity (Wildman–Crippen MR) is 73.8 cm³/mol. The topological polar surface area (TPSA) is 98.2 Å². The van der Waals surface area contributed by atoms with Crippen LogP contribution in [0.15, 0.2) is 16.6 Å². The zero-order chi connectivity index (χ0) is 14.8. The SMILES string of the molecule is CC(C)(CNC(=O)c1cc(N)c(F)cc1Br)C(N)=O. The van der Waals surface area contributed by atoms with Crippen molar-refractivity contribution >= 4 is 33.4 Å². The molecule has 0 aromatic heterocycles. The first kappa shape index (κ1) is 15.4. The summed E-state index contributed by atoms with van der Waals surface area (Å²) in [5.41, 5.74) is 9.81. The third-order valence-electron chi connectivity index (χ3n) is 2.69.